The maximum absolute atomic E-state index is 11.8. The summed E-state index contributed by atoms with van der Waals surface area (Å²) in [7, 11) is -2.20. The molecule has 17 heavy (non-hydrogen) atoms. The van der Waals surface area contributed by atoms with Crippen molar-refractivity contribution in [3.63, 3.8) is 0 Å². The van der Waals surface area contributed by atoms with Gasteiger partial charge in [-0.15, -0.1) is 9.24 Å². The number of carboxylic acids is 1. The Morgan fingerprint density at radius 3 is 2.12 bits per heavy atom. The number of carbonyl (C=O) groups excluding carboxylic acids is 1. The second-order valence-electron chi connectivity index (χ2n) is 3.22. The zero-order chi connectivity index (χ0) is 13.6. The smallest absolute Gasteiger partial charge is 0.344 e. The summed E-state index contributed by atoms with van der Waals surface area (Å²) in [5, 5.41) is 8.59. The fourth-order valence-electron chi connectivity index (χ4n) is 1.11. The summed E-state index contributed by atoms with van der Waals surface area (Å²) < 4.78 is 10.8. The highest BCUT2D eigenvalue weighted by molar-refractivity contribution is 7.51. The molecule has 2 amide bonds. The normalized spacial score (nSPS) is 11.1. The quantitative estimate of drug-likeness (QED) is 0.581. The van der Waals surface area contributed by atoms with Crippen LogP contribution in [0.4, 0.5) is 4.79 Å². The zero-order valence-electron chi connectivity index (χ0n) is 9.31. The van der Waals surface area contributed by atoms with Crippen LogP contribution in [0.3, 0.4) is 0 Å². The van der Waals surface area contributed by atoms with Crippen LogP contribution < -0.4 is 0 Å². The van der Waals surface area contributed by atoms with Crippen molar-refractivity contribution in [3.05, 3.63) is 0 Å². The van der Waals surface area contributed by atoms with E-state index in [0.717, 1.165) is 0 Å². The van der Waals surface area contributed by atoms with Crippen LogP contribution in [0.15, 0.2) is 0 Å². The van der Waals surface area contributed by atoms with E-state index in [2.05, 4.69) is 9.24 Å². The molecule has 8 nitrogen and oxygen atoms in total. The fourth-order valence-corrected chi connectivity index (χ4v) is 2.19. The van der Waals surface area contributed by atoms with Gasteiger partial charge in [-0.1, -0.05) is 0 Å². The Balaban J connectivity index is 4.84. The molecule has 0 aromatic heterocycles. The largest absolute Gasteiger partial charge is 0.480 e. The van der Waals surface area contributed by atoms with Gasteiger partial charge in [0.25, 0.3) is 0 Å². The van der Waals surface area contributed by atoms with E-state index in [1.54, 1.807) is 6.92 Å². The lowest BCUT2D eigenvalue weighted by Gasteiger charge is -2.28. The Morgan fingerprint density at radius 1 is 1.29 bits per heavy atom. The average Bonchev–Trinajstić information content (AvgIpc) is 2.15. The van der Waals surface area contributed by atoms with Crippen molar-refractivity contribution >= 4 is 28.8 Å². The van der Waals surface area contributed by atoms with E-state index in [9.17, 15) is 14.2 Å². The number of aliphatic carboxylic acids is 1. The summed E-state index contributed by atoms with van der Waals surface area (Å²) >= 11 is 0. The van der Waals surface area contributed by atoms with E-state index >= 15 is 0 Å². The number of urea groups is 1. The minimum Gasteiger partial charge on any atom is -0.480 e. The summed E-state index contributed by atoms with van der Waals surface area (Å²) in [5.41, 5.74) is 0. The molecule has 1 atom stereocenters. The maximum atomic E-state index is 11.8. The van der Waals surface area contributed by atoms with E-state index in [-0.39, 0.29) is 6.29 Å². The van der Waals surface area contributed by atoms with Gasteiger partial charge in [0, 0.05) is 12.8 Å². The lowest BCUT2D eigenvalue weighted by atomic mass is 10.5. The Bertz CT molecular complexity index is 326. The molecule has 100 valence electrons. The molecule has 0 heterocycles. The monoisotopic (exact) mass is 286 g/mol. The highest BCUT2D eigenvalue weighted by Crippen LogP contribution is 2.35. The van der Waals surface area contributed by atoms with Crippen molar-refractivity contribution in [1.29, 1.82) is 0 Å². The number of rotatable bonds is 6. The highest BCUT2D eigenvalue weighted by atomic mass is 31.2. The van der Waals surface area contributed by atoms with Crippen LogP contribution in [0.5, 0.6) is 0 Å². The van der Waals surface area contributed by atoms with E-state index in [1.165, 1.54) is 4.90 Å². The minimum atomic E-state index is -4.48. The maximum Gasteiger partial charge on any atom is 0.344 e. The molecule has 0 spiro atoms. The summed E-state index contributed by atoms with van der Waals surface area (Å²) in [4.78, 5) is 41.7. The van der Waals surface area contributed by atoms with Crippen LogP contribution >= 0.6 is 16.8 Å². The first kappa shape index (κ1) is 16.3. The van der Waals surface area contributed by atoms with E-state index in [4.69, 9.17) is 14.9 Å². The number of carboxylic acid groups (broad SMARTS) is 1. The third kappa shape index (κ3) is 6.58. The predicted octanol–water partition coefficient (Wildman–Crippen LogP) is -0.217. The summed E-state index contributed by atoms with van der Waals surface area (Å²) in [5.74, 6) is -1.33. The molecule has 0 saturated heterocycles. The zero-order valence-corrected chi connectivity index (χ0v) is 11.4. The van der Waals surface area contributed by atoms with Crippen molar-refractivity contribution in [2.75, 3.05) is 25.7 Å². The molecule has 0 saturated carbocycles. The molecule has 0 fully saturated rings. The van der Waals surface area contributed by atoms with Crippen molar-refractivity contribution in [3.8, 4) is 0 Å². The van der Waals surface area contributed by atoms with Gasteiger partial charge in [0.15, 0.2) is 0 Å². The second-order valence-corrected chi connectivity index (χ2v) is 5.20. The number of hydrogen-bond acceptors (Lipinski definition) is 3. The molecule has 10 heteroatoms. The van der Waals surface area contributed by atoms with E-state index in [1.807, 2.05) is 0 Å². The molecule has 0 radical (unpaired) electrons. The highest BCUT2D eigenvalue weighted by Gasteiger charge is 2.27. The standard InChI is InChI=1S/C7H16N2O6P2/c1-2-8(4-16)7(12)9(3-6(10)11)5-17(13,14)15/h2-5,16H2,1H3,(H,10,11)(H2,13,14,15). The number of amides is 2. The topological polar surface area (TPSA) is 118 Å². The minimum absolute atomic E-state index is 0.257. The van der Waals surface area contributed by atoms with Crippen molar-refractivity contribution in [2.45, 2.75) is 6.92 Å². The van der Waals surface area contributed by atoms with Crippen LogP contribution in [0, 0.1) is 0 Å². The van der Waals surface area contributed by atoms with E-state index < -0.39 is 32.4 Å². The Labute approximate surface area is 101 Å². The first-order valence-corrected chi connectivity index (χ1v) is 7.33. The van der Waals surface area contributed by atoms with Gasteiger partial charge >= 0.3 is 19.6 Å². The van der Waals surface area contributed by atoms with E-state index in [0.29, 0.717) is 11.4 Å². The third-order valence-corrected chi connectivity index (χ3v) is 2.97. The summed E-state index contributed by atoms with van der Waals surface area (Å²) in [6, 6.07) is -0.715. The van der Waals surface area contributed by atoms with Crippen LogP contribution in [0.1, 0.15) is 6.92 Å². The van der Waals surface area contributed by atoms with Crippen molar-refractivity contribution in [2.24, 2.45) is 0 Å². The van der Waals surface area contributed by atoms with Crippen LogP contribution in [-0.2, 0) is 9.36 Å². The molecular weight excluding hydrogens is 270 g/mol. The van der Waals surface area contributed by atoms with Crippen LogP contribution in [0.25, 0.3) is 0 Å². The number of hydrogen-bond donors (Lipinski definition) is 3. The van der Waals surface area contributed by atoms with Gasteiger partial charge in [-0.3, -0.25) is 9.36 Å². The molecule has 0 bridgehead atoms. The first-order chi connectivity index (χ1) is 7.71. The molecule has 3 N–H and O–H groups in total. The molecular formula is C7H16N2O6P2. The molecule has 0 rings (SSSR count). The molecule has 0 aliphatic carbocycles. The summed E-state index contributed by atoms with van der Waals surface area (Å²) in [6.45, 7) is 1.25. The summed E-state index contributed by atoms with van der Waals surface area (Å²) in [6.07, 6.45) is -0.647. The predicted molar refractivity (Wildman–Crippen MR) is 63.6 cm³/mol. The van der Waals surface area contributed by atoms with Crippen molar-refractivity contribution in [1.82, 2.24) is 9.80 Å². The Kier molecular flexibility index (Phi) is 6.64. The molecule has 0 aliphatic rings. The van der Waals surface area contributed by atoms with Crippen LogP contribution in [-0.4, -0.2) is 62.4 Å². The Morgan fingerprint density at radius 2 is 1.82 bits per heavy atom. The van der Waals surface area contributed by atoms with Gasteiger partial charge < -0.3 is 24.7 Å². The van der Waals surface area contributed by atoms with Gasteiger partial charge in [0.1, 0.15) is 12.8 Å². The third-order valence-electron chi connectivity index (χ3n) is 1.82. The average molecular weight is 286 g/mol. The lowest BCUT2D eigenvalue weighted by molar-refractivity contribution is -0.137. The van der Waals surface area contributed by atoms with Crippen LogP contribution in [0.2, 0.25) is 0 Å². The number of carbonyl (C=O) groups is 2. The number of nitrogens with zero attached hydrogens (tertiary/aromatic N) is 2. The Hall–Kier alpha value is -0.680. The molecule has 0 aliphatic heterocycles. The van der Waals surface area contributed by atoms with Gasteiger partial charge in [0.2, 0.25) is 0 Å². The SMILES string of the molecule is CCN(CP)C(=O)N(CC(=O)O)CP(=O)(O)O. The lowest BCUT2D eigenvalue weighted by Crippen LogP contribution is -2.45. The van der Waals surface area contributed by atoms with Gasteiger partial charge in [-0.25, -0.2) is 4.79 Å². The molecule has 0 aromatic rings. The van der Waals surface area contributed by atoms with Gasteiger partial charge in [0.05, 0.1) is 0 Å². The van der Waals surface area contributed by atoms with Crippen molar-refractivity contribution < 1.29 is 29.0 Å². The first-order valence-electron chi connectivity index (χ1n) is 4.71. The fraction of sp³-hybridized carbons (Fsp3) is 0.714. The molecule has 1 unspecified atom stereocenters. The van der Waals surface area contributed by atoms with Gasteiger partial charge in [-0.2, -0.15) is 0 Å². The second kappa shape index (κ2) is 6.91. The molecule has 0 aromatic carbocycles. The van der Waals surface area contributed by atoms with Gasteiger partial charge in [-0.05, 0) is 6.92 Å².